The number of carbonyl (C=O) groups is 1. The van der Waals surface area contributed by atoms with Gasteiger partial charge in [0.15, 0.2) is 0 Å². The van der Waals surface area contributed by atoms with Gasteiger partial charge in [-0.2, -0.15) is 0 Å². The number of amides is 1. The van der Waals surface area contributed by atoms with Crippen LogP contribution in [-0.4, -0.2) is 15.5 Å². The van der Waals surface area contributed by atoms with Gasteiger partial charge in [0, 0.05) is 12.0 Å². The zero-order valence-corrected chi connectivity index (χ0v) is 15.0. The number of hydrogen-bond acceptors (Lipinski definition) is 2. The fourth-order valence-corrected chi connectivity index (χ4v) is 2.66. The molecule has 0 saturated carbocycles. The first-order valence-corrected chi connectivity index (χ1v) is 8.60. The molecule has 2 rings (SSSR count). The van der Waals surface area contributed by atoms with Gasteiger partial charge in [-0.25, -0.2) is 4.98 Å². The van der Waals surface area contributed by atoms with Crippen LogP contribution in [0.5, 0.6) is 0 Å². The van der Waals surface area contributed by atoms with E-state index in [4.69, 9.17) is 4.98 Å². The molecule has 1 heterocycles. The Balaban J connectivity index is 2.30. The second-order valence-corrected chi connectivity index (χ2v) is 7.26. The molecule has 0 aliphatic rings. The van der Waals surface area contributed by atoms with Gasteiger partial charge in [0.05, 0.1) is 17.1 Å². The van der Waals surface area contributed by atoms with Crippen molar-refractivity contribution in [3.05, 3.63) is 30.1 Å². The molecule has 0 aliphatic heterocycles. The van der Waals surface area contributed by atoms with E-state index >= 15 is 0 Å². The topological polar surface area (TPSA) is 46.9 Å². The third kappa shape index (κ3) is 4.12. The van der Waals surface area contributed by atoms with E-state index in [1.165, 1.54) is 12.8 Å². The Morgan fingerprint density at radius 1 is 1.26 bits per heavy atom. The van der Waals surface area contributed by atoms with Crippen molar-refractivity contribution in [1.82, 2.24) is 14.9 Å². The van der Waals surface area contributed by atoms with Gasteiger partial charge in [-0.3, -0.25) is 4.79 Å². The fourth-order valence-electron chi connectivity index (χ4n) is 2.66. The highest BCUT2D eigenvalue weighted by Gasteiger charge is 2.25. The minimum Gasteiger partial charge on any atom is -0.346 e. The van der Waals surface area contributed by atoms with E-state index in [0.717, 1.165) is 29.8 Å². The molecule has 0 spiro atoms. The lowest BCUT2D eigenvalue weighted by Gasteiger charge is -2.22. The number of carbonyl (C=O) groups excluding carboxylic acids is 1. The van der Waals surface area contributed by atoms with Gasteiger partial charge < -0.3 is 9.88 Å². The van der Waals surface area contributed by atoms with Crippen molar-refractivity contribution in [3.8, 4) is 0 Å². The summed E-state index contributed by atoms with van der Waals surface area (Å²) < 4.78 is 2.26. The van der Waals surface area contributed by atoms with Gasteiger partial charge in [0.1, 0.15) is 5.82 Å². The summed E-state index contributed by atoms with van der Waals surface area (Å²) in [4.78, 5) is 17.1. The summed E-state index contributed by atoms with van der Waals surface area (Å²) in [6.45, 7) is 11.0. The average molecular weight is 315 g/mol. The second-order valence-electron chi connectivity index (χ2n) is 7.26. The van der Waals surface area contributed by atoms with E-state index in [-0.39, 0.29) is 11.9 Å². The van der Waals surface area contributed by atoms with Crippen molar-refractivity contribution in [2.75, 3.05) is 0 Å². The van der Waals surface area contributed by atoms with Crippen LogP contribution in [-0.2, 0) is 11.3 Å². The smallest absolute Gasteiger partial charge is 0.225 e. The fraction of sp³-hybridized carbons (Fsp3) is 0.579. The first-order valence-electron chi connectivity index (χ1n) is 8.60. The van der Waals surface area contributed by atoms with E-state index in [2.05, 4.69) is 22.9 Å². The molecule has 0 radical (unpaired) electrons. The summed E-state index contributed by atoms with van der Waals surface area (Å²) in [5, 5.41) is 3.11. The molecule has 1 aromatic carbocycles. The lowest BCUT2D eigenvalue weighted by molar-refractivity contribution is -0.129. The number of imidazole rings is 1. The van der Waals surface area contributed by atoms with Crippen molar-refractivity contribution in [1.29, 1.82) is 0 Å². The van der Waals surface area contributed by atoms with Crippen molar-refractivity contribution >= 4 is 16.9 Å². The Kier molecular flexibility index (Phi) is 5.45. The summed E-state index contributed by atoms with van der Waals surface area (Å²) in [6.07, 6.45) is 3.52. The van der Waals surface area contributed by atoms with Crippen LogP contribution < -0.4 is 5.32 Å². The van der Waals surface area contributed by atoms with E-state index in [9.17, 15) is 4.79 Å². The van der Waals surface area contributed by atoms with Gasteiger partial charge in [0.25, 0.3) is 0 Å². The molecule has 4 heteroatoms. The van der Waals surface area contributed by atoms with Crippen molar-refractivity contribution in [2.24, 2.45) is 5.41 Å². The Hall–Kier alpha value is -1.84. The standard InChI is InChI=1S/C19H29N3O/c1-6-7-10-13-22-16-12-9-8-11-15(16)21-17(22)14(2)20-18(23)19(3,4)5/h8-9,11-12,14H,6-7,10,13H2,1-5H3,(H,20,23). The van der Waals surface area contributed by atoms with Gasteiger partial charge in [-0.05, 0) is 25.5 Å². The summed E-state index contributed by atoms with van der Waals surface area (Å²) >= 11 is 0. The lowest BCUT2D eigenvalue weighted by atomic mass is 9.95. The molecule has 4 nitrogen and oxygen atoms in total. The molecule has 2 aromatic rings. The van der Waals surface area contributed by atoms with E-state index < -0.39 is 5.41 Å². The summed E-state index contributed by atoms with van der Waals surface area (Å²) in [5.74, 6) is 0.997. The minimum atomic E-state index is -0.396. The first kappa shape index (κ1) is 17.5. The number of para-hydroxylation sites is 2. The van der Waals surface area contributed by atoms with Crippen LogP contribution in [0.3, 0.4) is 0 Å². The zero-order valence-electron chi connectivity index (χ0n) is 15.0. The first-order chi connectivity index (χ1) is 10.8. The average Bonchev–Trinajstić information content (AvgIpc) is 2.85. The Labute approximate surface area is 139 Å². The highest BCUT2D eigenvalue weighted by Crippen LogP contribution is 2.23. The quantitative estimate of drug-likeness (QED) is 0.801. The normalized spacial score (nSPS) is 13.3. The third-order valence-electron chi connectivity index (χ3n) is 4.09. The van der Waals surface area contributed by atoms with Crippen molar-refractivity contribution in [3.63, 3.8) is 0 Å². The minimum absolute atomic E-state index is 0.0529. The molecule has 0 aliphatic carbocycles. The molecule has 1 atom stereocenters. The van der Waals surface area contributed by atoms with Gasteiger partial charge in [0.2, 0.25) is 5.91 Å². The molecule has 0 bridgehead atoms. The predicted molar refractivity (Wildman–Crippen MR) is 95.3 cm³/mol. The maximum atomic E-state index is 12.3. The Morgan fingerprint density at radius 3 is 2.61 bits per heavy atom. The molecule has 1 unspecified atom stereocenters. The van der Waals surface area contributed by atoms with E-state index in [1.54, 1.807) is 0 Å². The summed E-state index contributed by atoms with van der Waals surface area (Å²) in [6, 6.07) is 8.09. The molecule has 126 valence electrons. The van der Waals surface area contributed by atoms with Crippen molar-refractivity contribution in [2.45, 2.75) is 66.5 Å². The second kappa shape index (κ2) is 7.16. The monoisotopic (exact) mass is 315 g/mol. The van der Waals surface area contributed by atoms with Crippen LogP contribution in [0.25, 0.3) is 11.0 Å². The molecule has 1 N–H and O–H groups in total. The van der Waals surface area contributed by atoms with Gasteiger partial charge in [-0.15, -0.1) is 0 Å². The molecule has 0 saturated heterocycles. The third-order valence-corrected chi connectivity index (χ3v) is 4.09. The molecule has 1 aromatic heterocycles. The molecular weight excluding hydrogens is 286 g/mol. The maximum Gasteiger partial charge on any atom is 0.225 e. The van der Waals surface area contributed by atoms with Crippen LogP contribution in [0.1, 0.15) is 65.7 Å². The van der Waals surface area contributed by atoms with Crippen LogP contribution in [0.2, 0.25) is 0 Å². The number of benzene rings is 1. The highest BCUT2D eigenvalue weighted by molar-refractivity contribution is 5.82. The predicted octanol–water partition coefficient (Wildman–Crippen LogP) is 4.45. The number of aromatic nitrogens is 2. The largest absolute Gasteiger partial charge is 0.346 e. The van der Waals surface area contributed by atoms with Crippen LogP contribution in [0.4, 0.5) is 0 Å². The maximum absolute atomic E-state index is 12.3. The number of nitrogens with zero attached hydrogens (tertiary/aromatic N) is 2. The van der Waals surface area contributed by atoms with E-state index in [1.807, 2.05) is 45.9 Å². The van der Waals surface area contributed by atoms with Crippen LogP contribution >= 0.6 is 0 Å². The summed E-state index contributed by atoms with van der Waals surface area (Å²) in [5.41, 5.74) is 1.75. The number of nitrogens with one attached hydrogen (secondary N) is 1. The highest BCUT2D eigenvalue weighted by atomic mass is 16.2. The molecular formula is C19H29N3O. The molecule has 1 amide bonds. The van der Waals surface area contributed by atoms with Crippen LogP contribution in [0.15, 0.2) is 24.3 Å². The lowest BCUT2D eigenvalue weighted by Crippen LogP contribution is -2.37. The van der Waals surface area contributed by atoms with Gasteiger partial charge >= 0.3 is 0 Å². The van der Waals surface area contributed by atoms with Gasteiger partial charge in [-0.1, -0.05) is 52.7 Å². The van der Waals surface area contributed by atoms with Crippen molar-refractivity contribution < 1.29 is 4.79 Å². The summed E-state index contributed by atoms with van der Waals surface area (Å²) in [7, 11) is 0. The molecule has 23 heavy (non-hydrogen) atoms. The molecule has 0 fully saturated rings. The Morgan fingerprint density at radius 2 is 1.96 bits per heavy atom. The zero-order chi connectivity index (χ0) is 17.0. The SMILES string of the molecule is CCCCCn1c(C(C)NC(=O)C(C)(C)C)nc2ccccc21. The van der Waals surface area contributed by atoms with Crippen LogP contribution in [0, 0.1) is 5.41 Å². The van der Waals surface area contributed by atoms with E-state index in [0.29, 0.717) is 0 Å². The number of rotatable bonds is 6. The Bertz CT molecular complexity index is 667. The number of fused-ring (bicyclic) bond motifs is 1. The number of hydrogen-bond donors (Lipinski definition) is 1. The number of aryl methyl sites for hydroxylation is 1. The number of unbranched alkanes of at least 4 members (excludes halogenated alkanes) is 2.